The van der Waals surface area contributed by atoms with E-state index in [9.17, 15) is 4.79 Å². The van der Waals surface area contributed by atoms with Crippen LogP contribution in [0.15, 0.2) is 18.2 Å². The highest BCUT2D eigenvalue weighted by molar-refractivity contribution is 6.32. The van der Waals surface area contributed by atoms with Gasteiger partial charge in [0.1, 0.15) is 0 Å². The minimum absolute atomic E-state index is 0.0208. The van der Waals surface area contributed by atoms with Crippen molar-refractivity contribution in [3.63, 3.8) is 0 Å². The lowest BCUT2D eigenvalue weighted by atomic mass is 10.1. The fourth-order valence-corrected chi connectivity index (χ4v) is 2.48. The zero-order valence-corrected chi connectivity index (χ0v) is 12.8. The zero-order valence-electron chi connectivity index (χ0n) is 12.1. The van der Waals surface area contributed by atoms with E-state index in [0.717, 1.165) is 6.42 Å². The van der Waals surface area contributed by atoms with Gasteiger partial charge in [-0.3, -0.25) is 4.79 Å². The molecule has 0 aromatic heterocycles. The van der Waals surface area contributed by atoms with Crippen molar-refractivity contribution >= 4 is 17.5 Å². The first-order chi connectivity index (χ1) is 10.1. The molecule has 5 heteroatoms. The number of nitrogens with zero attached hydrogens (tertiary/aromatic N) is 1. The van der Waals surface area contributed by atoms with Gasteiger partial charge in [-0.25, -0.2) is 0 Å². The number of ether oxygens (including phenoxy) is 1. The number of carbonyl (C=O) groups excluding carboxylic acids is 1. The van der Waals surface area contributed by atoms with Crippen LogP contribution in [0.4, 0.5) is 0 Å². The molecule has 0 radical (unpaired) electrons. The van der Waals surface area contributed by atoms with E-state index in [0.29, 0.717) is 35.8 Å². The summed E-state index contributed by atoms with van der Waals surface area (Å²) in [4.78, 5) is 14.3. The van der Waals surface area contributed by atoms with Gasteiger partial charge in [0.2, 0.25) is 0 Å². The lowest BCUT2D eigenvalue weighted by molar-refractivity contribution is 0.0563. The lowest BCUT2D eigenvalue weighted by Gasteiger charge is -2.22. The summed E-state index contributed by atoms with van der Waals surface area (Å²) in [5.74, 6) is 5.62. The standard InChI is InChI=1S/C16H19ClN2O2/c1-12-11-19(8-3-9-21-12)16(20)14-6-5-13(4-2-7-18)15(17)10-14/h5-6,10,12H,3,7-9,11,18H2,1H3. The van der Waals surface area contributed by atoms with Crippen molar-refractivity contribution < 1.29 is 9.53 Å². The number of amides is 1. The molecule has 0 bridgehead atoms. The number of nitrogens with two attached hydrogens (primary N) is 1. The SMILES string of the molecule is CC1CN(C(=O)c2ccc(C#CCN)c(Cl)c2)CCCO1. The van der Waals surface area contributed by atoms with Crippen molar-refractivity contribution in [1.29, 1.82) is 0 Å². The largest absolute Gasteiger partial charge is 0.377 e. The molecule has 1 atom stereocenters. The maximum absolute atomic E-state index is 12.5. The molecule has 2 rings (SSSR count). The molecule has 1 heterocycles. The highest BCUT2D eigenvalue weighted by Gasteiger charge is 2.21. The summed E-state index contributed by atoms with van der Waals surface area (Å²) in [6.45, 7) is 4.26. The first-order valence-corrected chi connectivity index (χ1v) is 7.39. The van der Waals surface area contributed by atoms with Gasteiger partial charge in [0.25, 0.3) is 5.91 Å². The second-order valence-electron chi connectivity index (χ2n) is 4.99. The first-order valence-electron chi connectivity index (χ1n) is 7.01. The molecule has 1 fully saturated rings. The maximum atomic E-state index is 12.5. The van der Waals surface area contributed by atoms with Crippen LogP contribution in [0.25, 0.3) is 0 Å². The molecule has 1 aromatic rings. The van der Waals surface area contributed by atoms with Crippen molar-refractivity contribution in [2.45, 2.75) is 19.4 Å². The number of hydrogen-bond donors (Lipinski definition) is 1. The van der Waals surface area contributed by atoms with Crippen molar-refractivity contribution in [2.24, 2.45) is 5.73 Å². The van der Waals surface area contributed by atoms with Gasteiger partial charge in [0.15, 0.2) is 0 Å². The third-order valence-electron chi connectivity index (χ3n) is 3.28. The van der Waals surface area contributed by atoms with Crippen LogP contribution in [0.3, 0.4) is 0 Å². The summed E-state index contributed by atoms with van der Waals surface area (Å²) < 4.78 is 5.56. The topological polar surface area (TPSA) is 55.6 Å². The number of carbonyl (C=O) groups is 1. The number of rotatable bonds is 1. The minimum atomic E-state index is -0.0208. The monoisotopic (exact) mass is 306 g/mol. The molecular formula is C16H19ClN2O2. The second kappa shape index (κ2) is 7.46. The molecule has 1 saturated heterocycles. The van der Waals surface area contributed by atoms with Crippen molar-refractivity contribution in [2.75, 3.05) is 26.2 Å². The summed E-state index contributed by atoms with van der Waals surface area (Å²) in [6.07, 6.45) is 0.908. The molecule has 0 spiro atoms. The van der Waals surface area contributed by atoms with Crippen LogP contribution in [0.5, 0.6) is 0 Å². The molecule has 1 aliphatic rings. The number of hydrogen-bond acceptors (Lipinski definition) is 3. The third-order valence-corrected chi connectivity index (χ3v) is 3.59. The van der Waals surface area contributed by atoms with Gasteiger partial charge in [-0.2, -0.15) is 0 Å². The van der Waals surface area contributed by atoms with Crippen LogP contribution in [-0.4, -0.2) is 43.2 Å². The fraction of sp³-hybridized carbons (Fsp3) is 0.438. The molecule has 1 aromatic carbocycles. The molecule has 1 amide bonds. The second-order valence-corrected chi connectivity index (χ2v) is 5.39. The summed E-state index contributed by atoms with van der Waals surface area (Å²) in [5.41, 5.74) is 6.60. The molecule has 1 unspecified atom stereocenters. The van der Waals surface area contributed by atoms with E-state index in [4.69, 9.17) is 22.1 Å². The molecular weight excluding hydrogens is 288 g/mol. The Kier molecular flexibility index (Phi) is 5.63. The van der Waals surface area contributed by atoms with Crippen molar-refractivity contribution in [1.82, 2.24) is 4.90 Å². The normalized spacial score (nSPS) is 18.6. The van der Waals surface area contributed by atoms with Gasteiger partial charge in [0.05, 0.1) is 17.7 Å². The van der Waals surface area contributed by atoms with Gasteiger partial charge in [-0.1, -0.05) is 23.4 Å². The lowest BCUT2D eigenvalue weighted by Crippen LogP contribution is -2.35. The molecule has 21 heavy (non-hydrogen) atoms. The third kappa shape index (κ3) is 4.21. The molecule has 4 nitrogen and oxygen atoms in total. The highest BCUT2D eigenvalue weighted by atomic mass is 35.5. The van der Waals surface area contributed by atoms with E-state index < -0.39 is 0 Å². The molecule has 0 aliphatic carbocycles. The van der Waals surface area contributed by atoms with Crippen LogP contribution in [0, 0.1) is 11.8 Å². The Bertz CT molecular complexity index is 577. The summed E-state index contributed by atoms with van der Waals surface area (Å²) in [6, 6.07) is 5.18. The Morgan fingerprint density at radius 2 is 2.38 bits per heavy atom. The Morgan fingerprint density at radius 3 is 3.10 bits per heavy atom. The van der Waals surface area contributed by atoms with Crippen LogP contribution >= 0.6 is 11.6 Å². The van der Waals surface area contributed by atoms with E-state index in [2.05, 4.69) is 11.8 Å². The maximum Gasteiger partial charge on any atom is 0.253 e. The van der Waals surface area contributed by atoms with Gasteiger partial charge < -0.3 is 15.4 Å². The Hall–Kier alpha value is -1.54. The van der Waals surface area contributed by atoms with E-state index in [1.807, 2.05) is 11.8 Å². The molecule has 112 valence electrons. The predicted octanol–water partition coefficient (Wildman–Crippen LogP) is 1.90. The van der Waals surface area contributed by atoms with E-state index >= 15 is 0 Å². The van der Waals surface area contributed by atoms with Gasteiger partial charge in [-0.15, -0.1) is 0 Å². The van der Waals surface area contributed by atoms with Crippen LogP contribution in [0.2, 0.25) is 5.02 Å². The number of halogens is 1. The minimum Gasteiger partial charge on any atom is -0.377 e. The Morgan fingerprint density at radius 1 is 1.57 bits per heavy atom. The molecule has 1 aliphatic heterocycles. The van der Waals surface area contributed by atoms with E-state index in [-0.39, 0.29) is 18.6 Å². The smallest absolute Gasteiger partial charge is 0.253 e. The van der Waals surface area contributed by atoms with Crippen molar-refractivity contribution in [3.05, 3.63) is 34.3 Å². The zero-order chi connectivity index (χ0) is 15.2. The molecule has 0 saturated carbocycles. The van der Waals surface area contributed by atoms with Crippen LogP contribution in [0.1, 0.15) is 29.3 Å². The summed E-state index contributed by atoms with van der Waals surface area (Å²) >= 11 is 6.17. The quantitative estimate of drug-likeness (QED) is 0.806. The number of benzene rings is 1. The predicted molar refractivity (Wildman–Crippen MR) is 83.3 cm³/mol. The Labute approximate surface area is 130 Å². The van der Waals surface area contributed by atoms with Crippen LogP contribution < -0.4 is 5.73 Å². The average Bonchev–Trinajstić information content (AvgIpc) is 2.70. The first kappa shape index (κ1) is 15.8. The highest BCUT2D eigenvalue weighted by Crippen LogP contribution is 2.19. The van der Waals surface area contributed by atoms with E-state index in [1.54, 1.807) is 18.2 Å². The van der Waals surface area contributed by atoms with Crippen molar-refractivity contribution in [3.8, 4) is 11.8 Å². The summed E-state index contributed by atoms with van der Waals surface area (Å²) in [5, 5.41) is 0.473. The average molecular weight is 307 g/mol. The summed E-state index contributed by atoms with van der Waals surface area (Å²) in [7, 11) is 0. The van der Waals surface area contributed by atoms with E-state index in [1.165, 1.54) is 0 Å². The fourth-order valence-electron chi connectivity index (χ4n) is 2.26. The Balaban J connectivity index is 2.17. The van der Waals surface area contributed by atoms with Gasteiger partial charge in [0, 0.05) is 30.8 Å². The van der Waals surface area contributed by atoms with Crippen LogP contribution in [-0.2, 0) is 4.74 Å². The van der Waals surface area contributed by atoms with Gasteiger partial charge >= 0.3 is 0 Å². The molecule has 2 N–H and O–H groups in total. The van der Waals surface area contributed by atoms with Gasteiger partial charge in [-0.05, 0) is 31.5 Å².